The molecule has 4 rings (SSSR count). The van der Waals surface area contributed by atoms with E-state index >= 15 is 0 Å². The molecule has 0 unspecified atom stereocenters. The molecule has 1 atom stereocenters. The lowest BCUT2D eigenvalue weighted by Crippen LogP contribution is -2.47. The van der Waals surface area contributed by atoms with E-state index in [-0.39, 0.29) is 17.8 Å². The molecule has 0 spiro atoms. The van der Waals surface area contributed by atoms with Gasteiger partial charge in [-0.05, 0) is 44.4 Å². The summed E-state index contributed by atoms with van der Waals surface area (Å²) in [4.78, 5) is 22.3. The molecule has 6 nitrogen and oxygen atoms in total. The third-order valence-electron chi connectivity index (χ3n) is 4.94. The number of H-pyrrole nitrogens is 1. The molecule has 1 aromatic carbocycles. The Bertz CT molecular complexity index is 741. The Balaban J connectivity index is 1.47. The van der Waals surface area contributed by atoms with Crippen LogP contribution >= 0.6 is 0 Å². The minimum absolute atomic E-state index is 0.0430. The zero-order valence-electron chi connectivity index (χ0n) is 13.4. The maximum Gasteiger partial charge on any atom is 0.244 e. The van der Waals surface area contributed by atoms with E-state index in [0.717, 1.165) is 45.4 Å². The number of imidazole rings is 1. The third-order valence-corrected chi connectivity index (χ3v) is 4.94. The number of rotatable bonds is 3. The lowest BCUT2D eigenvalue weighted by atomic mass is 10.1. The van der Waals surface area contributed by atoms with Crippen molar-refractivity contribution in [1.82, 2.24) is 14.9 Å². The van der Waals surface area contributed by atoms with Gasteiger partial charge in [-0.25, -0.2) is 9.37 Å². The van der Waals surface area contributed by atoms with Gasteiger partial charge in [-0.1, -0.05) is 0 Å². The predicted molar refractivity (Wildman–Crippen MR) is 88.3 cm³/mol. The van der Waals surface area contributed by atoms with Gasteiger partial charge in [0.25, 0.3) is 0 Å². The summed E-state index contributed by atoms with van der Waals surface area (Å²) in [5.41, 5.74) is 1.22. The number of hydrogen-bond acceptors (Lipinski definition) is 4. The van der Waals surface area contributed by atoms with Crippen LogP contribution in [0.25, 0.3) is 11.0 Å². The molecule has 128 valence electrons. The second-order valence-corrected chi connectivity index (χ2v) is 6.48. The molecule has 7 heteroatoms. The number of hydrogen-bond donors (Lipinski definition) is 2. The quantitative estimate of drug-likeness (QED) is 0.905. The fraction of sp³-hybridized carbons (Fsp3) is 0.529. The van der Waals surface area contributed by atoms with Crippen LogP contribution in [0.3, 0.4) is 0 Å². The highest BCUT2D eigenvalue weighted by Gasteiger charge is 2.36. The first-order chi connectivity index (χ1) is 11.7. The van der Waals surface area contributed by atoms with Crippen molar-refractivity contribution >= 4 is 22.9 Å². The topological polar surface area (TPSA) is 70.2 Å². The monoisotopic (exact) mass is 332 g/mol. The SMILES string of the molecule is O=C(Nc1nc2cc(F)ccc2[nH]1)[C@@H]1CCCN1C1CCOCC1. The summed E-state index contributed by atoms with van der Waals surface area (Å²) < 4.78 is 18.7. The molecule has 2 saturated heterocycles. The molecule has 2 fully saturated rings. The molecule has 0 bridgehead atoms. The Morgan fingerprint density at radius 1 is 1.33 bits per heavy atom. The third kappa shape index (κ3) is 3.01. The van der Waals surface area contributed by atoms with Gasteiger partial charge in [-0.2, -0.15) is 0 Å². The number of ether oxygens (including phenoxy) is 1. The van der Waals surface area contributed by atoms with Crippen molar-refractivity contribution in [3.05, 3.63) is 24.0 Å². The van der Waals surface area contributed by atoms with Crippen LogP contribution < -0.4 is 5.32 Å². The number of amides is 1. The number of benzene rings is 1. The highest BCUT2D eigenvalue weighted by molar-refractivity contribution is 5.95. The Kier molecular flexibility index (Phi) is 4.20. The number of aromatic amines is 1. The Morgan fingerprint density at radius 3 is 3.00 bits per heavy atom. The van der Waals surface area contributed by atoms with Crippen LogP contribution in [0, 0.1) is 5.82 Å². The van der Waals surface area contributed by atoms with Gasteiger partial charge in [-0.3, -0.25) is 15.0 Å². The van der Waals surface area contributed by atoms with Gasteiger partial charge < -0.3 is 9.72 Å². The molecule has 0 aliphatic carbocycles. The van der Waals surface area contributed by atoms with Crippen molar-refractivity contribution in [2.75, 3.05) is 25.1 Å². The van der Waals surface area contributed by atoms with Crippen molar-refractivity contribution in [1.29, 1.82) is 0 Å². The summed E-state index contributed by atoms with van der Waals surface area (Å²) in [6.45, 7) is 2.49. The number of aromatic nitrogens is 2. The normalized spacial score (nSPS) is 23.0. The van der Waals surface area contributed by atoms with Crippen LogP contribution in [0.1, 0.15) is 25.7 Å². The second kappa shape index (κ2) is 6.49. The number of carbonyl (C=O) groups is 1. The fourth-order valence-corrected chi connectivity index (χ4v) is 3.76. The number of likely N-dealkylation sites (tertiary alicyclic amines) is 1. The van der Waals surface area contributed by atoms with E-state index in [1.807, 2.05) is 0 Å². The maximum absolute atomic E-state index is 13.3. The number of nitrogens with zero attached hydrogens (tertiary/aromatic N) is 2. The van der Waals surface area contributed by atoms with Crippen LogP contribution in [0.4, 0.5) is 10.3 Å². The lowest BCUT2D eigenvalue weighted by molar-refractivity contribution is -0.121. The van der Waals surface area contributed by atoms with Gasteiger partial charge >= 0.3 is 0 Å². The second-order valence-electron chi connectivity index (χ2n) is 6.48. The van der Waals surface area contributed by atoms with Crippen LogP contribution in [0.15, 0.2) is 18.2 Å². The number of halogens is 1. The highest BCUT2D eigenvalue weighted by atomic mass is 19.1. The molecule has 1 amide bonds. The molecule has 3 heterocycles. The number of fused-ring (bicyclic) bond motifs is 1. The standard InChI is InChI=1S/C17H21FN4O2/c18-11-3-4-13-14(10-11)20-17(19-13)21-16(23)15-2-1-7-22(15)12-5-8-24-9-6-12/h3-4,10,12,15H,1-2,5-9H2,(H2,19,20,21,23)/t15-/m0/s1. The van der Waals surface area contributed by atoms with Crippen molar-refractivity contribution in [3.8, 4) is 0 Å². The fourth-order valence-electron chi connectivity index (χ4n) is 3.76. The van der Waals surface area contributed by atoms with Gasteiger partial charge in [0.2, 0.25) is 11.9 Å². The van der Waals surface area contributed by atoms with Crippen molar-refractivity contribution in [2.45, 2.75) is 37.8 Å². The van der Waals surface area contributed by atoms with E-state index in [1.54, 1.807) is 6.07 Å². The summed E-state index contributed by atoms with van der Waals surface area (Å²) in [5.74, 6) is -0.00805. The summed E-state index contributed by atoms with van der Waals surface area (Å²) in [6.07, 6.45) is 3.85. The smallest absolute Gasteiger partial charge is 0.244 e. The first-order valence-corrected chi connectivity index (χ1v) is 8.50. The minimum atomic E-state index is -0.339. The molecule has 2 aliphatic heterocycles. The van der Waals surface area contributed by atoms with E-state index in [1.165, 1.54) is 12.1 Å². The number of carbonyl (C=O) groups excluding carboxylic acids is 1. The van der Waals surface area contributed by atoms with E-state index < -0.39 is 0 Å². The van der Waals surface area contributed by atoms with Crippen LogP contribution in [-0.4, -0.2) is 52.6 Å². The summed E-state index contributed by atoms with van der Waals surface area (Å²) >= 11 is 0. The van der Waals surface area contributed by atoms with E-state index in [9.17, 15) is 9.18 Å². The Morgan fingerprint density at radius 2 is 2.17 bits per heavy atom. The predicted octanol–water partition coefficient (Wildman–Crippen LogP) is 2.28. The average molecular weight is 332 g/mol. The van der Waals surface area contributed by atoms with Gasteiger partial charge in [0.15, 0.2) is 0 Å². The van der Waals surface area contributed by atoms with Crippen molar-refractivity contribution < 1.29 is 13.9 Å². The molecule has 1 aromatic heterocycles. The van der Waals surface area contributed by atoms with Crippen LogP contribution in [-0.2, 0) is 9.53 Å². The number of nitrogens with one attached hydrogen (secondary N) is 2. The maximum atomic E-state index is 13.3. The summed E-state index contributed by atoms with van der Waals surface area (Å²) in [7, 11) is 0. The average Bonchev–Trinajstić information content (AvgIpc) is 3.21. The molecule has 2 N–H and O–H groups in total. The largest absolute Gasteiger partial charge is 0.381 e. The minimum Gasteiger partial charge on any atom is -0.381 e. The van der Waals surface area contributed by atoms with Crippen LogP contribution in [0.2, 0.25) is 0 Å². The zero-order chi connectivity index (χ0) is 16.5. The van der Waals surface area contributed by atoms with Gasteiger partial charge in [0.1, 0.15) is 5.82 Å². The molecule has 0 saturated carbocycles. The lowest BCUT2D eigenvalue weighted by Gasteiger charge is -2.34. The molecular formula is C17H21FN4O2. The first kappa shape index (κ1) is 15.5. The van der Waals surface area contributed by atoms with Crippen molar-refractivity contribution in [2.24, 2.45) is 0 Å². The molecular weight excluding hydrogens is 311 g/mol. The molecule has 0 radical (unpaired) electrons. The van der Waals surface area contributed by atoms with Gasteiger partial charge in [-0.15, -0.1) is 0 Å². The number of anilines is 1. The van der Waals surface area contributed by atoms with Gasteiger partial charge in [0.05, 0.1) is 17.1 Å². The first-order valence-electron chi connectivity index (χ1n) is 8.50. The van der Waals surface area contributed by atoms with E-state index in [0.29, 0.717) is 23.0 Å². The zero-order valence-corrected chi connectivity index (χ0v) is 13.4. The Hall–Kier alpha value is -1.99. The van der Waals surface area contributed by atoms with Gasteiger partial charge in [0, 0.05) is 25.3 Å². The summed E-state index contributed by atoms with van der Waals surface area (Å²) in [5, 5.41) is 2.86. The highest BCUT2D eigenvalue weighted by Crippen LogP contribution is 2.26. The molecule has 24 heavy (non-hydrogen) atoms. The Labute approximate surface area is 139 Å². The van der Waals surface area contributed by atoms with Crippen molar-refractivity contribution in [3.63, 3.8) is 0 Å². The van der Waals surface area contributed by atoms with E-state index in [2.05, 4.69) is 20.2 Å². The summed E-state index contributed by atoms with van der Waals surface area (Å²) in [6, 6.07) is 4.64. The molecule has 2 aromatic rings. The van der Waals surface area contributed by atoms with Crippen LogP contribution in [0.5, 0.6) is 0 Å². The molecule has 2 aliphatic rings. The van der Waals surface area contributed by atoms with E-state index in [4.69, 9.17) is 4.74 Å².